The van der Waals surface area contributed by atoms with Crippen LogP contribution >= 0.6 is 23.2 Å². The van der Waals surface area contributed by atoms with Crippen molar-refractivity contribution in [1.29, 1.82) is 0 Å². The smallest absolute Gasteiger partial charge is 0.287 e. The monoisotopic (exact) mass is 503 g/mol. The number of hydrogen-bond donors (Lipinski definition) is 1. The second-order valence-corrected chi connectivity index (χ2v) is 9.06. The molecule has 0 spiro atoms. The highest BCUT2D eigenvalue weighted by molar-refractivity contribution is 6.31. The van der Waals surface area contributed by atoms with Crippen molar-refractivity contribution < 1.29 is 22.8 Å². The summed E-state index contributed by atoms with van der Waals surface area (Å²) in [6, 6.07) is 11.2. The molecule has 10 heteroatoms. The van der Waals surface area contributed by atoms with Crippen LogP contribution in [-0.4, -0.2) is 22.1 Å². The molecular formula is C24H20Cl2FN3O4. The first-order chi connectivity index (χ1) is 16.4. The van der Waals surface area contributed by atoms with E-state index in [2.05, 4.69) is 15.5 Å². The van der Waals surface area contributed by atoms with Crippen LogP contribution in [0.2, 0.25) is 10.0 Å². The van der Waals surface area contributed by atoms with Gasteiger partial charge in [0.05, 0.1) is 5.02 Å². The van der Waals surface area contributed by atoms with E-state index in [0.29, 0.717) is 28.1 Å². The molecule has 1 N–H and O–H groups in total. The molecular weight excluding hydrogens is 484 g/mol. The predicted molar refractivity (Wildman–Crippen MR) is 124 cm³/mol. The van der Waals surface area contributed by atoms with Crippen LogP contribution < -0.4 is 10.1 Å². The first kappa shape index (κ1) is 22.7. The zero-order valence-electron chi connectivity index (χ0n) is 17.9. The van der Waals surface area contributed by atoms with E-state index in [1.54, 1.807) is 30.3 Å². The Bertz CT molecular complexity index is 1330. The number of benzene rings is 2. The number of hydrogen-bond acceptors (Lipinski definition) is 6. The van der Waals surface area contributed by atoms with Gasteiger partial charge in [0, 0.05) is 28.4 Å². The normalized spacial score (nSPS) is 18.2. The van der Waals surface area contributed by atoms with Gasteiger partial charge in [0.25, 0.3) is 11.8 Å². The van der Waals surface area contributed by atoms with Gasteiger partial charge in [-0.15, -0.1) is 10.2 Å². The topological polar surface area (TPSA) is 90.4 Å². The van der Waals surface area contributed by atoms with Gasteiger partial charge < -0.3 is 18.9 Å². The van der Waals surface area contributed by atoms with Gasteiger partial charge in [-0.25, -0.2) is 4.39 Å². The molecule has 1 aliphatic rings. The van der Waals surface area contributed by atoms with E-state index < -0.39 is 5.82 Å². The number of furan rings is 1. The molecule has 0 aliphatic heterocycles. The molecule has 7 nitrogen and oxygen atoms in total. The molecule has 1 amide bonds. The lowest BCUT2D eigenvalue weighted by Crippen LogP contribution is -2.37. The fourth-order valence-corrected chi connectivity index (χ4v) is 4.37. The molecule has 1 saturated carbocycles. The van der Waals surface area contributed by atoms with Gasteiger partial charge in [-0.2, -0.15) is 0 Å². The maximum Gasteiger partial charge on any atom is 0.287 e. The summed E-state index contributed by atoms with van der Waals surface area (Å²) in [4.78, 5) is 12.6. The van der Waals surface area contributed by atoms with E-state index in [1.165, 1.54) is 12.1 Å². The molecule has 0 unspecified atom stereocenters. The van der Waals surface area contributed by atoms with Crippen LogP contribution in [0.15, 0.2) is 51.3 Å². The summed E-state index contributed by atoms with van der Waals surface area (Å²) in [6.45, 7) is 0.0299. The quantitative estimate of drug-likeness (QED) is 0.332. The van der Waals surface area contributed by atoms with Gasteiger partial charge >= 0.3 is 0 Å². The molecule has 0 radical (unpaired) electrons. The summed E-state index contributed by atoms with van der Waals surface area (Å²) in [5.41, 5.74) is 0.621. The summed E-state index contributed by atoms with van der Waals surface area (Å²) in [5.74, 6) is 0.749. The molecule has 0 bridgehead atoms. The number of carbonyl (C=O) groups is 1. The standard InChI is InChI=1S/C24H20Cl2FN3O4/c25-15-3-8-20-14(9-15)10-21(33-20)23(31)28-16-4-1-13(2-5-16)24-30-29-22(34-24)12-32-17-6-7-18(26)19(27)11-17/h3,6-11,13,16H,1-2,4-5,12H2,(H,28,31). The minimum absolute atomic E-state index is 0.0294. The van der Waals surface area contributed by atoms with Gasteiger partial charge in [0.2, 0.25) is 5.89 Å². The third-order valence-corrected chi connectivity index (χ3v) is 6.39. The first-order valence-corrected chi connectivity index (χ1v) is 11.6. The van der Waals surface area contributed by atoms with Crippen molar-refractivity contribution >= 4 is 40.1 Å². The lowest BCUT2D eigenvalue weighted by molar-refractivity contribution is 0.0898. The minimum atomic E-state index is -0.557. The Morgan fingerprint density at radius 2 is 1.88 bits per heavy atom. The molecule has 5 rings (SSSR count). The molecule has 4 aromatic rings. The third kappa shape index (κ3) is 5.03. The maximum absolute atomic E-state index is 13.5. The summed E-state index contributed by atoms with van der Waals surface area (Å²) >= 11 is 11.7. The molecule has 2 heterocycles. The minimum Gasteiger partial charge on any atom is -0.484 e. The van der Waals surface area contributed by atoms with Crippen molar-refractivity contribution in [2.75, 3.05) is 0 Å². The zero-order chi connectivity index (χ0) is 23.7. The first-order valence-electron chi connectivity index (χ1n) is 10.8. The zero-order valence-corrected chi connectivity index (χ0v) is 19.4. The van der Waals surface area contributed by atoms with Gasteiger partial charge in [0.15, 0.2) is 12.4 Å². The Hall–Kier alpha value is -3.10. The van der Waals surface area contributed by atoms with Crippen molar-refractivity contribution in [3.05, 3.63) is 75.9 Å². The number of ether oxygens (including phenoxy) is 1. The maximum atomic E-state index is 13.5. The summed E-state index contributed by atoms with van der Waals surface area (Å²) < 4.78 is 30.4. The Kier molecular flexibility index (Phi) is 6.43. The molecule has 176 valence electrons. The van der Waals surface area contributed by atoms with Gasteiger partial charge in [-0.05, 0) is 62.1 Å². The van der Waals surface area contributed by atoms with Crippen LogP contribution in [0.25, 0.3) is 11.0 Å². The van der Waals surface area contributed by atoms with Crippen molar-refractivity contribution in [3.63, 3.8) is 0 Å². The molecule has 2 aromatic heterocycles. The van der Waals surface area contributed by atoms with Crippen molar-refractivity contribution in [2.45, 2.75) is 44.2 Å². The largest absolute Gasteiger partial charge is 0.484 e. The van der Waals surface area contributed by atoms with Gasteiger partial charge in [-0.1, -0.05) is 23.2 Å². The average molecular weight is 504 g/mol. The van der Waals surface area contributed by atoms with Crippen molar-refractivity contribution in [3.8, 4) is 5.75 Å². The van der Waals surface area contributed by atoms with E-state index in [-0.39, 0.29) is 35.3 Å². The van der Waals surface area contributed by atoms with Crippen LogP contribution in [0.4, 0.5) is 4.39 Å². The lowest BCUT2D eigenvalue weighted by Gasteiger charge is -2.26. The molecule has 0 atom stereocenters. The summed E-state index contributed by atoms with van der Waals surface area (Å²) in [7, 11) is 0. The number of halogens is 3. The van der Waals surface area contributed by atoms with Crippen molar-refractivity contribution in [2.24, 2.45) is 0 Å². The van der Waals surface area contributed by atoms with Gasteiger partial charge in [-0.3, -0.25) is 4.79 Å². The van der Waals surface area contributed by atoms with E-state index in [9.17, 15) is 9.18 Å². The summed E-state index contributed by atoms with van der Waals surface area (Å²) in [5, 5.41) is 12.6. The average Bonchev–Trinajstić information content (AvgIpc) is 3.47. The predicted octanol–water partition coefficient (Wildman–Crippen LogP) is 6.30. The van der Waals surface area contributed by atoms with Crippen molar-refractivity contribution in [1.82, 2.24) is 15.5 Å². The van der Waals surface area contributed by atoms with Crippen LogP contribution in [0, 0.1) is 5.82 Å². The van der Waals surface area contributed by atoms with E-state index in [1.807, 2.05) is 0 Å². The molecule has 2 aromatic carbocycles. The van der Waals surface area contributed by atoms with Crippen LogP contribution in [-0.2, 0) is 6.61 Å². The Balaban J connectivity index is 1.12. The van der Waals surface area contributed by atoms with E-state index in [4.69, 9.17) is 36.8 Å². The number of nitrogens with zero attached hydrogens (tertiary/aromatic N) is 2. The third-order valence-electron chi connectivity index (χ3n) is 5.85. The van der Waals surface area contributed by atoms with E-state index in [0.717, 1.165) is 31.1 Å². The fraction of sp³-hybridized carbons (Fsp3) is 0.292. The Morgan fingerprint density at radius 1 is 1.06 bits per heavy atom. The Morgan fingerprint density at radius 3 is 2.68 bits per heavy atom. The van der Waals surface area contributed by atoms with Gasteiger partial charge in [0.1, 0.15) is 17.1 Å². The highest BCUT2D eigenvalue weighted by Gasteiger charge is 2.28. The SMILES string of the molecule is O=C(NC1CCC(c2nnc(COc3ccc(Cl)c(F)c3)o2)CC1)c1cc2cc(Cl)ccc2o1. The molecule has 1 fully saturated rings. The Labute approximate surface area is 204 Å². The molecule has 0 saturated heterocycles. The number of fused-ring (bicyclic) bond motifs is 1. The highest BCUT2D eigenvalue weighted by Crippen LogP contribution is 2.33. The highest BCUT2D eigenvalue weighted by atomic mass is 35.5. The second-order valence-electron chi connectivity index (χ2n) is 8.21. The molecule has 34 heavy (non-hydrogen) atoms. The number of amides is 1. The fourth-order valence-electron chi connectivity index (χ4n) is 4.07. The summed E-state index contributed by atoms with van der Waals surface area (Å²) in [6.07, 6.45) is 3.15. The number of rotatable bonds is 6. The number of carbonyl (C=O) groups excluding carboxylic acids is 1. The van der Waals surface area contributed by atoms with Crippen LogP contribution in [0.3, 0.4) is 0 Å². The van der Waals surface area contributed by atoms with Crippen LogP contribution in [0.1, 0.15) is 53.9 Å². The lowest BCUT2D eigenvalue weighted by atomic mass is 9.86. The van der Waals surface area contributed by atoms with E-state index >= 15 is 0 Å². The second kappa shape index (κ2) is 9.64. The number of aromatic nitrogens is 2. The number of nitrogens with one attached hydrogen (secondary N) is 1. The van der Waals surface area contributed by atoms with Crippen LogP contribution in [0.5, 0.6) is 5.75 Å². The molecule has 1 aliphatic carbocycles.